The minimum Gasteiger partial charge on any atom is -0.345 e. The first-order valence-electron chi connectivity index (χ1n) is 8.16. The molecule has 0 aromatic carbocycles. The maximum Gasteiger partial charge on any atom is 0.257 e. The molecule has 0 saturated carbocycles. The number of nitrogens with one attached hydrogen (secondary N) is 3. The third-order valence-electron chi connectivity index (χ3n) is 3.94. The van der Waals surface area contributed by atoms with Crippen molar-refractivity contribution in [3.05, 3.63) is 35.6 Å². The van der Waals surface area contributed by atoms with E-state index in [0.717, 1.165) is 5.57 Å². The molecule has 3 rings (SSSR count). The number of aliphatic imine (C=N–C) groups is 1. The molecule has 3 heterocycles. The number of rotatable bonds is 4. The molecule has 0 saturated heterocycles. The van der Waals surface area contributed by atoms with Crippen LogP contribution in [0.1, 0.15) is 35.4 Å². The number of allylic oxidation sites excluding steroid dienone is 1. The van der Waals surface area contributed by atoms with E-state index in [1.807, 2.05) is 0 Å². The standard InChI is InChI=1S/C17H20N8O/c1-25(2)17(26)12-8-19-9-14-15(12)23-16(22-14)13-4-3-11(5-6-18)7-20-10-21-24-13/h6-10,18H,3-5H2,1-2H3,(H,20,21)(H,22,23)/b11-7+,18-6?,24-13+. The Labute approximate surface area is 150 Å². The fraction of sp³-hybridized carbons (Fsp3) is 0.294. The van der Waals surface area contributed by atoms with E-state index in [9.17, 15) is 4.79 Å². The molecule has 0 bridgehead atoms. The number of amides is 1. The normalized spacial score (nSPS) is 18.5. The van der Waals surface area contributed by atoms with E-state index in [4.69, 9.17) is 5.41 Å². The summed E-state index contributed by atoms with van der Waals surface area (Å²) in [5.74, 6) is 0.428. The Morgan fingerprint density at radius 2 is 2.19 bits per heavy atom. The lowest BCUT2D eigenvalue weighted by Crippen LogP contribution is -2.22. The van der Waals surface area contributed by atoms with Crippen molar-refractivity contribution in [3.8, 4) is 0 Å². The fourth-order valence-electron chi connectivity index (χ4n) is 2.61. The Bertz CT molecular complexity index is 922. The summed E-state index contributed by atoms with van der Waals surface area (Å²) >= 11 is 0. The lowest BCUT2D eigenvalue weighted by Gasteiger charge is -2.09. The van der Waals surface area contributed by atoms with Gasteiger partial charge in [0, 0.05) is 32.9 Å². The molecule has 1 aliphatic heterocycles. The molecule has 134 valence electrons. The molecular weight excluding hydrogens is 332 g/mol. The van der Waals surface area contributed by atoms with Gasteiger partial charge in [0.2, 0.25) is 0 Å². The van der Waals surface area contributed by atoms with Gasteiger partial charge >= 0.3 is 0 Å². The molecule has 1 aliphatic rings. The number of nitrogens with zero attached hydrogens (tertiary/aromatic N) is 5. The van der Waals surface area contributed by atoms with E-state index in [1.165, 1.54) is 23.6 Å². The number of carbonyl (C=O) groups is 1. The first-order chi connectivity index (χ1) is 12.6. The molecule has 26 heavy (non-hydrogen) atoms. The largest absolute Gasteiger partial charge is 0.345 e. The van der Waals surface area contributed by atoms with Crippen molar-refractivity contribution >= 4 is 35.2 Å². The average molecular weight is 352 g/mol. The van der Waals surface area contributed by atoms with E-state index in [-0.39, 0.29) is 5.91 Å². The number of fused-ring (bicyclic) bond motifs is 1. The highest BCUT2D eigenvalue weighted by Gasteiger charge is 2.18. The number of hydrogen-bond acceptors (Lipinski definition) is 7. The molecule has 2 aromatic heterocycles. The zero-order valence-corrected chi connectivity index (χ0v) is 14.7. The maximum atomic E-state index is 12.3. The van der Waals surface area contributed by atoms with E-state index < -0.39 is 0 Å². The van der Waals surface area contributed by atoms with Gasteiger partial charge in [0.1, 0.15) is 17.6 Å². The van der Waals surface area contributed by atoms with Crippen molar-refractivity contribution in [2.45, 2.75) is 19.3 Å². The van der Waals surface area contributed by atoms with Gasteiger partial charge in [-0.25, -0.2) is 9.98 Å². The molecular formula is C17H20N8O. The molecule has 0 spiro atoms. The van der Waals surface area contributed by atoms with Crippen molar-refractivity contribution in [1.29, 1.82) is 5.41 Å². The van der Waals surface area contributed by atoms with Crippen molar-refractivity contribution in [2.75, 3.05) is 14.1 Å². The van der Waals surface area contributed by atoms with Crippen LogP contribution in [0.2, 0.25) is 0 Å². The van der Waals surface area contributed by atoms with Gasteiger partial charge in [0.25, 0.3) is 5.91 Å². The number of pyridine rings is 1. The van der Waals surface area contributed by atoms with Gasteiger partial charge in [0.05, 0.1) is 17.3 Å². The third kappa shape index (κ3) is 3.66. The Kier molecular flexibility index (Phi) is 5.16. The van der Waals surface area contributed by atoms with E-state index in [2.05, 4.69) is 30.5 Å². The predicted molar refractivity (Wildman–Crippen MR) is 101 cm³/mol. The second-order valence-electron chi connectivity index (χ2n) is 6.03. The lowest BCUT2D eigenvalue weighted by molar-refractivity contribution is 0.0829. The predicted octanol–water partition coefficient (Wildman–Crippen LogP) is 1.70. The quantitative estimate of drug-likeness (QED) is 0.725. The van der Waals surface area contributed by atoms with Gasteiger partial charge in [-0.05, 0) is 24.6 Å². The topological polar surface area (TPSA) is 122 Å². The Hall–Kier alpha value is -3.36. The Morgan fingerprint density at radius 1 is 1.35 bits per heavy atom. The second-order valence-corrected chi connectivity index (χ2v) is 6.03. The van der Waals surface area contributed by atoms with Crippen molar-refractivity contribution < 1.29 is 4.79 Å². The number of hydrogen-bond donors (Lipinski definition) is 3. The van der Waals surface area contributed by atoms with Crippen molar-refractivity contribution in [3.63, 3.8) is 0 Å². The number of hydrazone groups is 1. The van der Waals surface area contributed by atoms with E-state index in [0.29, 0.717) is 47.4 Å². The summed E-state index contributed by atoms with van der Waals surface area (Å²) in [6.07, 6.45) is 9.64. The molecule has 0 atom stereocenters. The number of aromatic nitrogens is 3. The zero-order chi connectivity index (χ0) is 18.5. The summed E-state index contributed by atoms with van der Waals surface area (Å²) in [6, 6.07) is 0. The molecule has 2 aromatic rings. The summed E-state index contributed by atoms with van der Waals surface area (Å²) in [6.45, 7) is 0. The number of aromatic amines is 1. The van der Waals surface area contributed by atoms with E-state index in [1.54, 1.807) is 26.5 Å². The summed E-state index contributed by atoms with van der Waals surface area (Å²) in [5, 5.41) is 11.6. The van der Waals surface area contributed by atoms with Crippen LogP contribution in [0.3, 0.4) is 0 Å². The molecule has 9 nitrogen and oxygen atoms in total. The minimum atomic E-state index is -0.154. The Balaban J connectivity index is 1.96. The molecule has 1 amide bonds. The smallest absolute Gasteiger partial charge is 0.257 e. The van der Waals surface area contributed by atoms with Crippen LogP contribution in [0.25, 0.3) is 11.0 Å². The molecule has 0 radical (unpaired) electrons. The van der Waals surface area contributed by atoms with Crippen LogP contribution in [0, 0.1) is 5.41 Å². The van der Waals surface area contributed by atoms with E-state index >= 15 is 0 Å². The van der Waals surface area contributed by atoms with Crippen molar-refractivity contribution in [2.24, 2.45) is 10.1 Å². The summed E-state index contributed by atoms with van der Waals surface area (Å²) in [4.78, 5) is 29.9. The number of imidazole rings is 1. The highest BCUT2D eigenvalue weighted by Crippen LogP contribution is 2.19. The molecule has 3 N–H and O–H groups in total. The number of H-pyrrole nitrogens is 1. The highest BCUT2D eigenvalue weighted by molar-refractivity contribution is 6.06. The van der Waals surface area contributed by atoms with Crippen LogP contribution < -0.4 is 5.43 Å². The zero-order valence-electron chi connectivity index (χ0n) is 14.7. The molecule has 0 aliphatic carbocycles. The average Bonchev–Trinajstić information content (AvgIpc) is 3.09. The monoisotopic (exact) mass is 352 g/mol. The highest BCUT2D eigenvalue weighted by atomic mass is 16.2. The number of carbonyl (C=O) groups excluding carboxylic acids is 1. The van der Waals surface area contributed by atoms with Crippen LogP contribution in [-0.2, 0) is 0 Å². The maximum absolute atomic E-state index is 12.3. The molecule has 9 heteroatoms. The SMILES string of the molecule is CN(C)C(=O)c1cncc2[nH]c(/C3=N/NC=N/C=C(/CC=N)CC3)nc12. The van der Waals surface area contributed by atoms with Crippen LogP contribution in [-0.4, -0.2) is 58.1 Å². The summed E-state index contributed by atoms with van der Waals surface area (Å²) in [7, 11) is 3.38. The molecule has 0 fully saturated rings. The summed E-state index contributed by atoms with van der Waals surface area (Å²) in [5.41, 5.74) is 6.23. The second kappa shape index (κ2) is 7.68. The minimum absolute atomic E-state index is 0.154. The van der Waals surface area contributed by atoms with Crippen LogP contribution in [0.4, 0.5) is 0 Å². The summed E-state index contributed by atoms with van der Waals surface area (Å²) < 4.78 is 0. The fourth-order valence-corrected chi connectivity index (χ4v) is 2.61. The third-order valence-corrected chi connectivity index (χ3v) is 3.94. The first-order valence-corrected chi connectivity index (χ1v) is 8.16. The lowest BCUT2D eigenvalue weighted by atomic mass is 10.1. The van der Waals surface area contributed by atoms with Gasteiger partial charge in [-0.2, -0.15) is 5.10 Å². The van der Waals surface area contributed by atoms with Gasteiger partial charge < -0.3 is 15.3 Å². The first kappa shape index (κ1) is 17.5. The van der Waals surface area contributed by atoms with Gasteiger partial charge in [-0.15, -0.1) is 0 Å². The van der Waals surface area contributed by atoms with Gasteiger partial charge in [-0.3, -0.25) is 15.2 Å². The molecule has 0 unspecified atom stereocenters. The van der Waals surface area contributed by atoms with Gasteiger partial charge in [0.15, 0.2) is 5.82 Å². The van der Waals surface area contributed by atoms with Crippen LogP contribution in [0.5, 0.6) is 0 Å². The van der Waals surface area contributed by atoms with Crippen LogP contribution in [0.15, 0.2) is 34.3 Å². The van der Waals surface area contributed by atoms with Gasteiger partial charge in [-0.1, -0.05) is 0 Å². The van der Waals surface area contributed by atoms with Crippen molar-refractivity contribution in [1.82, 2.24) is 25.3 Å². The Morgan fingerprint density at radius 3 is 2.96 bits per heavy atom. The van der Waals surface area contributed by atoms with Crippen LogP contribution >= 0.6 is 0 Å².